The second-order valence-corrected chi connectivity index (χ2v) is 6.13. The SMILES string of the molecule is Cc1cc(CCC(=O)N2CCCCC2C(F)(F)F)ccc1Cl. The third-order valence-corrected chi connectivity index (χ3v) is 4.47. The standard InChI is InChI=1S/C16H19ClF3NO/c1-11-10-12(5-7-13(11)17)6-8-15(22)21-9-3-2-4-14(21)16(18,19)20/h5,7,10,14H,2-4,6,8-9H2,1H3. The van der Waals surface area contributed by atoms with E-state index in [1.807, 2.05) is 13.0 Å². The van der Waals surface area contributed by atoms with Crippen molar-refractivity contribution in [2.45, 2.75) is 51.2 Å². The van der Waals surface area contributed by atoms with E-state index in [0.29, 0.717) is 24.3 Å². The molecule has 1 fully saturated rings. The lowest BCUT2D eigenvalue weighted by Gasteiger charge is -2.36. The molecule has 1 aromatic rings. The molecule has 0 bridgehead atoms. The molecule has 1 amide bonds. The quantitative estimate of drug-likeness (QED) is 0.796. The Hall–Kier alpha value is -1.23. The Morgan fingerprint density at radius 1 is 1.36 bits per heavy atom. The molecule has 0 saturated carbocycles. The summed E-state index contributed by atoms with van der Waals surface area (Å²) in [6.07, 6.45) is -2.66. The lowest BCUT2D eigenvalue weighted by atomic mass is 10.00. The van der Waals surface area contributed by atoms with Crippen molar-refractivity contribution in [2.75, 3.05) is 6.54 Å². The van der Waals surface area contributed by atoms with Gasteiger partial charge in [0.05, 0.1) is 0 Å². The van der Waals surface area contributed by atoms with Crippen molar-refractivity contribution in [3.05, 3.63) is 34.3 Å². The number of carbonyl (C=O) groups is 1. The maximum absolute atomic E-state index is 13.0. The molecule has 0 N–H and O–H groups in total. The highest BCUT2D eigenvalue weighted by atomic mass is 35.5. The van der Waals surface area contributed by atoms with Crippen LogP contribution in [0.5, 0.6) is 0 Å². The predicted octanol–water partition coefficient (Wildman–Crippen LogP) is 4.52. The molecule has 0 spiro atoms. The van der Waals surface area contributed by atoms with Gasteiger partial charge in [-0.1, -0.05) is 23.7 Å². The third-order valence-electron chi connectivity index (χ3n) is 4.05. The highest BCUT2D eigenvalue weighted by Gasteiger charge is 2.45. The van der Waals surface area contributed by atoms with Gasteiger partial charge in [-0.05, 0) is 49.8 Å². The molecule has 1 heterocycles. The summed E-state index contributed by atoms with van der Waals surface area (Å²) in [4.78, 5) is 13.2. The summed E-state index contributed by atoms with van der Waals surface area (Å²) in [7, 11) is 0. The first-order valence-corrected chi connectivity index (χ1v) is 7.78. The van der Waals surface area contributed by atoms with Crippen molar-refractivity contribution in [1.29, 1.82) is 0 Å². The van der Waals surface area contributed by atoms with Gasteiger partial charge < -0.3 is 4.90 Å². The molecule has 0 radical (unpaired) electrons. The van der Waals surface area contributed by atoms with Crippen LogP contribution in [0.4, 0.5) is 13.2 Å². The molecule has 6 heteroatoms. The van der Waals surface area contributed by atoms with E-state index in [1.54, 1.807) is 12.1 Å². The fourth-order valence-electron chi connectivity index (χ4n) is 2.83. The van der Waals surface area contributed by atoms with Gasteiger partial charge in [-0.2, -0.15) is 13.2 Å². The predicted molar refractivity (Wildman–Crippen MR) is 79.9 cm³/mol. The van der Waals surface area contributed by atoms with Crippen molar-refractivity contribution < 1.29 is 18.0 Å². The number of hydrogen-bond donors (Lipinski definition) is 0. The van der Waals surface area contributed by atoms with E-state index in [-0.39, 0.29) is 19.4 Å². The van der Waals surface area contributed by atoms with Crippen LogP contribution >= 0.6 is 11.6 Å². The van der Waals surface area contributed by atoms with Gasteiger partial charge >= 0.3 is 6.18 Å². The molecule has 22 heavy (non-hydrogen) atoms. The van der Waals surface area contributed by atoms with E-state index in [2.05, 4.69) is 0 Å². The first kappa shape index (κ1) is 17.1. The molecule has 0 aliphatic carbocycles. The van der Waals surface area contributed by atoms with Crippen LogP contribution in [0.15, 0.2) is 18.2 Å². The number of aryl methyl sites for hydroxylation is 2. The maximum Gasteiger partial charge on any atom is 0.408 e. The monoisotopic (exact) mass is 333 g/mol. The zero-order chi connectivity index (χ0) is 16.3. The van der Waals surface area contributed by atoms with Gasteiger partial charge in [0.1, 0.15) is 6.04 Å². The number of likely N-dealkylation sites (tertiary alicyclic amines) is 1. The molecule has 1 aliphatic heterocycles. The third kappa shape index (κ3) is 4.15. The van der Waals surface area contributed by atoms with Gasteiger partial charge in [-0.25, -0.2) is 0 Å². The van der Waals surface area contributed by atoms with Crippen molar-refractivity contribution in [3.8, 4) is 0 Å². The Labute approximate surface area is 133 Å². The Balaban J connectivity index is 1.99. The average molecular weight is 334 g/mol. The zero-order valence-electron chi connectivity index (χ0n) is 12.4. The number of halogens is 4. The number of carbonyl (C=O) groups excluding carboxylic acids is 1. The van der Waals surface area contributed by atoms with Crippen LogP contribution in [0, 0.1) is 6.92 Å². The van der Waals surface area contributed by atoms with Crippen LogP contribution in [0.3, 0.4) is 0 Å². The highest BCUT2D eigenvalue weighted by Crippen LogP contribution is 2.32. The number of rotatable bonds is 3. The Bertz CT molecular complexity index is 545. The molecule has 1 aliphatic rings. The van der Waals surface area contributed by atoms with Gasteiger partial charge in [0.15, 0.2) is 0 Å². The average Bonchev–Trinajstić information content (AvgIpc) is 2.47. The molecule has 122 valence electrons. The van der Waals surface area contributed by atoms with Crippen LogP contribution < -0.4 is 0 Å². The smallest absolute Gasteiger partial charge is 0.331 e. The lowest BCUT2D eigenvalue weighted by molar-refractivity contribution is -0.195. The van der Waals surface area contributed by atoms with Crippen LogP contribution in [0.2, 0.25) is 5.02 Å². The largest absolute Gasteiger partial charge is 0.408 e. The van der Waals surface area contributed by atoms with Gasteiger partial charge in [0.2, 0.25) is 5.91 Å². The lowest BCUT2D eigenvalue weighted by Crippen LogP contribution is -2.51. The second kappa shape index (κ2) is 6.90. The van der Waals surface area contributed by atoms with Gasteiger partial charge in [0, 0.05) is 18.0 Å². The molecule has 1 aromatic carbocycles. The van der Waals surface area contributed by atoms with Gasteiger partial charge in [0.25, 0.3) is 0 Å². The Morgan fingerprint density at radius 2 is 2.09 bits per heavy atom. The van der Waals surface area contributed by atoms with E-state index in [1.165, 1.54) is 0 Å². The summed E-state index contributed by atoms with van der Waals surface area (Å²) < 4.78 is 39.0. The van der Waals surface area contributed by atoms with Crippen LogP contribution in [0.25, 0.3) is 0 Å². The van der Waals surface area contributed by atoms with Gasteiger partial charge in [-0.15, -0.1) is 0 Å². The molecule has 1 unspecified atom stereocenters. The molecule has 0 aromatic heterocycles. The normalized spacial score (nSPS) is 19.3. The number of alkyl halides is 3. The number of piperidine rings is 1. The van der Waals surface area contributed by atoms with E-state index in [9.17, 15) is 18.0 Å². The van der Waals surface area contributed by atoms with Crippen LogP contribution in [-0.4, -0.2) is 29.6 Å². The minimum atomic E-state index is -4.34. The van der Waals surface area contributed by atoms with E-state index < -0.39 is 18.1 Å². The first-order chi connectivity index (χ1) is 10.3. The molecule has 2 rings (SSSR count). The number of amides is 1. The summed E-state index contributed by atoms with van der Waals surface area (Å²) >= 11 is 5.93. The zero-order valence-corrected chi connectivity index (χ0v) is 13.2. The fraction of sp³-hybridized carbons (Fsp3) is 0.562. The van der Waals surface area contributed by atoms with Crippen LogP contribution in [-0.2, 0) is 11.2 Å². The topological polar surface area (TPSA) is 20.3 Å². The van der Waals surface area contributed by atoms with Crippen molar-refractivity contribution >= 4 is 17.5 Å². The minimum absolute atomic E-state index is 0.00922. The van der Waals surface area contributed by atoms with Crippen molar-refractivity contribution in [1.82, 2.24) is 4.90 Å². The molecule has 2 nitrogen and oxygen atoms in total. The number of nitrogens with zero attached hydrogens (tertiary/aromatic N) is 1. The van der Waals surface area contributed by atoms with E-state index >= 15 is 0 Å². The second-order valence-electron chi connectivity index (χ2n) is 5.72. The molecule has 1 atom stereocenters. The summed E-state index contributed by atoms with van der Waals surface area (Å²) in [6.45, 7) is 2.06. The number of benzene rings is 1. The minimum Gasteiger partial charge on any atom is -0.331 e. The van der Waals surface area contributed by atoms with Crippen molar-refractivity contribution in [3.63, 3.8) is 0 Å². The van der Waals surface area contributed by atoms with E-state index in [0.717, 1.165) is 16.0 Å². The summed E-state index contributed by atoms with van der Waals surface area (Å²) in [6, 6.07) is 3.80. The highest BCUT2D eigenvalue weighted by molar-refractivity contribution is 6.31. The van der Waals surface area contributed by atoms with Crippen LogP contribution in [0.1, 0.15) is 36.8 Å². The maximum atomic E-state index is 13.0. The fourth-order valence-corrected chi connectivity index (χ4v) is 2.95. The summed E-state index contributed by atoms with van der Waals surface area (Å²) in [5.74, 6) is -0.422. The number of hydrogen-bond acceptors (Lipinski definition) is 1. The Kier molecular flexibility index (Phi) is 5.37. The molecule has 1 saturated heterocycles. The van der Waals surface area contributed by atoms with E-state index in [4.69, 9.17) is 11.6 Å². The van der Waals surface area contributed by atoms with Crippen molar-refractivity contribution in [2.24, 2.45) is 0 Å². The Morgan fingerprint density at radius 3 is 2.73 bits per heavy atom. The first-order valence-electron chi connectivity index (χ1n) is 7.40. The molecular formula is C16H19ClF3NO. The molecular weight excluding hydrogens is 315 g/mol. The summed E-state index contributed by atoms with van der Waals surface area (Å²) in [5.41, 5.74) is 1.81. The summed E-state index contributed by atoms with van der Waals surface area (Å²) in [5, 5.41) is 0.642. The van der Waals surface area contributed by atoms with Gasteiger partial charge in [-0.3, -0.25) is 4.79 Å².